The van der Waals surface area contributed by atoms with E-state index in [4.69, 9.17) is 13.3 Å². The van der Waals surface area contributed by atoms with Crippen molar-refractivity contribution in [2.75, 3.05) is 19.8 Å². The molecule has 1 aliphatic carbocycles. The second kappa shape index (κ2) is 6.99. The summed E-state index contributed by atoms with van der Waals surface area (Å²) in [6.07, 6.45) is 6.31. The van der Waals surface area contributed by atoms with Gasteiger partial charge in [0.15, 0.2) is 0 Å². The fraction of sp³-hybridized carbons (Fsp3) is 0.375. The fourth-order valence-electron chi connectivity index (χ4n) is 2.23. The lowest BCUT2D eigenvalue weighted by Gasteiger charge is -2.25. The highest BCUT2D eigenvalue weighted by atomic mass is 28.4. The fourth-order valence-corrected chi connectivity index (χ4v) is 4.36. The first-order valence-electron chi connectivity index (χ1n) is 7.17. The van der Waals surface area contributed by atoms with Gasteiger partial charge < -0.3 is 13.3 Å². The molecule has 0 saturated heterocycles. The molecule has 0 amide bonds. The highest BCUT2D eigenvalue weighted by molar-refractivity contribution is 6.67. The Morgan fingerprint density at radius 1 is 0.950 bits per heavy atom. The number of rotatable bonds is 8. The molecule has 4 heteroatoms. The smallest absolute Gasteiger partial charge is 0.371 e. The first-order valence-corrected chi connectivity index (χ1v) is 8.97. The standard InChI is InChI=1S/C16H22O3Si/c1-4-17-20(18-5-2,19-6-3)13-12-15-9-7-8-14-10-11-16(14)15/h7-13H,4-6H2,1-3H3/b13-12+. The van der Waals surface area contributed by atoms with E-state index in [9.17, 15) is 0 Å². The van der Waals surface area contributed by atoms with Gasteiger partial charge in [0.2, 0.25) is 0 Å². The second-order valence-corrected chi connectivity index (χ2v) is 6.83. The molecule has 2 rings (SSSR count). The summed E-state index contributed by atoms with van der Waals surface area (Å²) in [6, 6.07) is 6.28. The molecule has 0 spiro atoms. The Balaban J connectivity index is 2.22. The molecule has 0 atom stereocenters. The van der Waals surface area contributed by atoms with Crippen LogP contribution in [-0.4, -0.2) is 28.6 Å². The molecule has 0 N–H and O–H groups in total. The van der Waals surface area contributed by atoms with Crippen molar-refractivity contribution in [3.63, 3.8) is 0 Å². The van der Waals surface area contributed by atoms with Gasteiger partial charge in [-0.15, -0.1) is 0 Å². The maximum atomic E-state index is 5.81. The summed E-state index contributed by atoms with van der Waals surface area (Å²) in [5.74, 6) is 0. The van der Waals surface area contributed by atoms with Crippen molar-refractivity contribution in [2.24, 2.45) is 0 Å². The summed E-state index contributed by atoms with van der Waals surface area (Å²) in [5.41, 5.74) is 5.73. The summed E-state index contributed by atoms with van der Waals surface area (Å²) in [5, 5.41) is 0. The Morgan fingerprint density at radius 2 is 1.60 bits per heavy atom. The Morgan fingerprint density at radius 3 is 2.10 bits per heavy atom. The van der Waals surface area contributed by atoms with E-state index in [1.165, 1.54) is 16.7 Å². The minimum Gasteiger partial charge on any atom is -0.371 e. The van der Waals surface area contributed by atoms with E-state index >= 15 is 0 Å². The Bertz CT molecular complexity index is 491. The summed E-state index contributed by atoms with van der Waals surface area (Å²) < 4.78 is 17.4. The van der Waals surface area contributed by atoms with Crippen LogP contribution >= 0.6 is 0 Å². The topological polar surface area (TPSA) is 27.7 Å². The van der Waals surface area contributed by atoms with Gasteiger partial charge in [-0.05, 0) is 43.2 Å². The monoisotopic (exact) mass is 290 g/mol. The first-order chi connectivity index (χ1) is 9.74. The number of hydrogen-bond acceptors (Lipinski definition) is 3. The lowest BCUT2D eigenvalue weighted by atomic mass is 9.93. The molecule has 0 aliphatic heterocycles. The maximum Gasteiger partial charge on any atom is 0.529 e. The summed E-state index contributed by atoms with van der Waals surface area (Å²) in [7, 11) is -2.70. The van der Waals surface area contributed by atoms with Crippen LogP contribution in [0.15, 0.2) is 23.9 Å². The summed E-state index contributed by atoms with van der Waals surface area (Å²) >= 11 is 0. The number of benzene rings is 1. The summed E-state index contributed by atoms with van der Waals surface area (Å²) in [4.78, 5) is 0. The maximum absolute atomic E-state index is 5.81. The summed E-state index contributed by atoms with van der Waals surface area (Å²) in [6.45, 7) is 7.65. The first kappa shape index (κ1) is 15.2. The van der Waals surface area contributed by atoms with Gasteiger partial charge in [0.05, 0.1) is 0 Å². The molecule has 1 aromatic rings. The molecule has 0 saturated carbocycles. The molecule has 108 valence electrons. The van der Waals surface area contributed by atoms with E-state index in [1.54, 1.807) is 0 Å². The average Bonchev–Trinajstić information content (AvgIpc) is 2.39. The zero-order valence-corrected chi connectivity index (χ0v) is 13.4. The molecular weight excluding hydrogens is 268 g/mol. The van der Waals surface area contributed by atoms with Crippen LogP contribution < -0.4 is 0 Å². The molecule has 0 heterocycles. The molecular formula is C16H22O3Si. The van der Waals surface area contributed by atoms with Crippen molar-refractivity contribution in [3.8, 4) is 0 Å². The zero-order chi connectivity index (χ0) is 14.4. The van der Waals surface area contributed by atoms with Crippen molar-refractivity contribution in [2.45, 2.75) is 20.8 Å². The van der Waals surface area contributed by atoms with E-state index in [2.05, 4.69) is 36.4 Å². The van der Waals surface area contributed by atoms with Gasteiger partial charge in [-0.3, -0.25) is 0 Å². The predicted molar refractivity (Wildman–Crippen MR) is 85.0 cm³/mol. The Hall–Kier alpha value is -1.20. The Labute approximate surface area is 122 Å². The highest BCUT2D eigenvalue weighted by Crippen LogP contribution is 2.28. The molecule has 0 unspecified atom stereocenters. The minimum atomic E-state index is -2.70. The van der Waals surface area contributed by atoms with Gasteiger partial charge in [-0.25, -0.2) is 0 Å². The van der Waals surface area contributed by atoms with Gasteiger partial charge in [-0.1, -0.05) is 36.4 Å². The molecule has 1 aliphatic rings. The molecule has 1 aromatic carbocycles. The van der Waals surface area contributed by atoms with Gasteiger partial charge in [0, 0.05) is 19.8 Å². The van der Waals surface area contributed by atoms with E-state index in [-0.39, 0.29) is 0 Å². The van der Waals surface area contributed by atoms with E-state index in [0.29, 0.717) is 19.8 Å². The SMILES string of the molecule is CCO[Si](/C=C/c1cccc2c1C=C2)(OCC)OCC. The zero-order valence-electron chi connectivity index (χ0n) is 12.4. The third-order valence-electron chi connectivity index (χ3n) is 3.11. The number of fused-ring (bicyclic) bond motifs is 1. The Kier molecular flexibility index (Phi) is 5.31. The second-order valence-electron chi connectivity index (χ2n) is 4.42. The van der Waals surface area contributed by atoms with Crippen molar-refractivity contribution in [3.05, 3.63) is 40.6 Å². The van der Waals surface area contributed by atoms with Crippen molar-refractivity contribution in [1.82, 2.24) is 0 Å². The lowest BCUT2D eigenvalue weighted by molar-refractivity contribution is 0.0845. The van der Waals surface area contributed by atoms with Crippen molar-refractivity contribution >= 4 is 27.0 Å². The highest BCUT2D eigenvalue weighted by Gasteiger charge is 2.37. The third-order valence-corrected chi connectivity index (χ3v) is 5.75. The van der Waals surface area contributed by atoms with Crippen molar-refractivity contribution < 1.29 is 13.3 Å². The van der Waals surface area contributed by atoms with E-state index in [0.717, 1.165) is 0 Å². The van der Waals surface area contributed by atoms with Crippen LogP contribution in [0.2, 0.25) is 0 Å². The van der Waals surface area contributed by atoms with Crippen LogP contribution in [0.1, 0.15) is 37.5 Å². The molecule has 3 nitrogen and oxygen atoms in total. The van der Waals surface area contributed by atoms with Crippen molar-refractivity contribution in [1.29, 1.82) is 0 Å². The van der Waals surface area contributed by atoms with Crippen LogP contribution in [0.5, 0.6) is 0 Å². The van der Waals surface area contributed by atoms with E-state index in [1.807, 2.05) is 26.5 Å². The molecule has 0 radical (unpaired) electrons. The normalized spacial score (nSPS) is 13.6. The van der Waals surface area contributed by atoms with Crippen LogP contribution in [0.3, 0.4) is 0 Å². The van der Waals surface area contributed by atoms with Crippen LogP contribution in [0.4, 0.5) is 0 Å². The van der Waals surface area contributed by atoms with Gasteiger partial charge in [-0.2, -0.15) is 0 Å². The van der Waals surface area contributed by atoms with E-state index < -0.39 is 8.80 Å². The third kappa shape index (κ3) is 3.27. The molecule has 0 aromatic heterocycles. The quantitative estimate of drug-likeness (QED) is 0.693. The predicted octanol–water partition coefficient (Wildman–Crippen LogP) is 3.77. The average molecular weight is 290 g/mol. The van der Waals surface area contributed by atoms with Gasteiger partial charge in [0.25, 0.3) is 0 Å². The van der Waals surface area contributed by atoms with Gasteiger partial charge in [0.1, 0.15) is 0 Å². The molecule has 0 bridgehead atoms. The minimum absolute atomic E-state index is 0.587. The molecule has 20 heavy (non-hydrogen) atoms. The van der Waals surface area contributed by atoms with Gasteiger partial charge >= 0.3 is 8.80 Å². The van der Waals surface area contributed by atoms with Crippen LogP contribution in [0.25, 0.3) is 18.2 Å². The number of hydrogen-bond donors (Lipinski definition) is 0. The van der Waals surface area contributed by atoms with Crippen LogP contribution in [-0.2, 0) is 13.3 Å². The largest absolute Gasteiger partial charge is 0.529 e. The lowest BCUT2D eigenvalue weighted by Crippen LogP contribution is -2.44. The molecule has 0 fully saturated rings. The van der Waals surface area contributed by atoms with Crippen LogP contribution in [0, 0.1) is 0 Å².